The summed E-state index contributed by atoms with van der Waals surface area (Å²) in [4.78, 5) is 28.3. The second-order valence-electron chi connectivity index (χ2n) is 7.53. The number of ether oxygens (including phenoxy) is 2. The van der Waals surface area contributed by atoms with Crippen LogP contribution in [-0.2, 0) is 16.0 Å². The Morgan fingerprint density at radius 1 is 0.848 bits per heavy atom. The van der Waals surface area contributed by atoms with Gasteiger partial charge >= 0.3 is 0 Å². The van der Waals surface area contributed by atoms with E-state index in [2.05, 4.69) is 12.2 Å². The Balaban J connectivity index is 1.77. The molecule has 0 saturated heterocycles. The first-order chi connectivity index (χ1) is 16.0. The fraction of sp³-hybridized carbons (Fsp3) is 0.185. The van der Waals surface area contributed by atoms with Crippen molar-refractivity contribution in [2.75, 3.05) is 23.9 Å². The number of carbonyl (C=O) groups is 2. The molecule has 0 aliphatic carbocycles. The van der Waals surface area contributed by atoms with E-state index in [0.717, 1.165) is 12.1 Å². The van der Waals surface area contributed by atoms with Crippen molar-refractivity contribution in [3.8, 4) is 11.5 Å². The molecule has 168 valence electrons. The van der Waals surface area contributed by atoms with Crippen LogP contribution in [0, 0.1) is 0 Å². The minimum absolute atomic E-state index is 0.233. The fourth-order valence-corrected chi connectivity index (χ4v) is 3.75. The first kappa shape index (κ1) is 22.1. The molecular weight excluding hydrogens is 416 g/mol. The molecule has 6 nitrogen and oxygen atoms in total. The van der Waals surface area contributed by atoms with Gasteiger partial charge in [0.1, 0.15) is 17.2 Å². The van der Waals surface area contributed by atoms with E-state index in [1.807, 2.05) is 31.2 Å². The maximum Gasteiger partial charge on any atom is 0.282 e. The third-order valence-electron chi connectivity index (χ3n) is 5.48. The van der Waals surface area contributed by atoms with Gasteiger partial charge < -0.3 is 14.8 Å². The zero-order valence-corrected chi connectivity index (χ0v) is 18.9. The van der Waals surface area contributed by atoms with Crippen LogP contribution in [0.4, 0.5) is 11.4 Å². The minimum Gasteiger partial charge on any atom is -0.497 e. The quantitative estimate of drug-likeness (QED) is 0.494. The molecule has 6 heteroatoms. The largest absolute Gasteiger partial charge is 0.497 e. The topological polar surface area (TPSA) is 67.9 Å². The normalized spacial score (nSPS) is 13.5. The molecule has 2 amide bonds. The lowest BCUT2D eigenvalue weighted by Gasteiger charge is -2.16. The molecule has 33 heavy (non-hydrogen) atoms. The van der Waals surface area contributed by atoms with E-state index in [4.69, 9.17) is 9.47 Å². The molecule has 1 heterocycles. The van der Waals surface area contributed by atoms with Gasteiger partial charge in [0.25, 0.3) is 11.8 Å². The molecule has 3 aromatic carbocycles. The summed E-state index contributed by atoms with van der Waals surface area (Å²) in [5.74, 6) is 0.446. The van der Waals surface area contributed by atoms with E-state index >= 15 is 0 Å². The number of imide groups is 1. The Morgan fingerprint density at radius 2 is 1.58 bits per heavy atom. The maximum absolute atomic E-state index is 13.6. The molecule has 0 atom stereocenters. The third kappa shape index (κ3) is 4.46. The van der Waals surface area contributed by atoms with Crippen molar-refractivity contribution in [1.82, 2.24) is 0 Å². The molecule has 1 aliphatic heterocycles. The average Bonchev–Trinajstić information content (AvgIpc) is 3.09. The molecule has 0 spiro atoms. The van der Waals surface area contributed by atoms with Gasteiger partial charge in [0.15, 0.2) is 0 Å². The molecule has 0 radical (unpaired) electrons. The van der Waals surface area contributed by atoms with Crippen LogP contribution in [0.2, 0.25) is 0 Å². The summed E-state index contributed by atoms with van der Waals surface area (Å²) in [6, 6.07) is 21.9. The fourth-order valence-electron chi connectivity index (χ4n) is 3.75. The Kier molecular flexibility index (Phi) is 6.45. The smallest absolute Gasteiger partial charge is 0.282 e. The number of anilines is 2. The van der Waals surface area contributed by atoms with E-state index in [9.17, 15) is 9.59 Å². The lowest BCUT2D eigenvalue weighted by Crippen LogP contribution is -2.32. The van der Waals surface area contributed by atoms with Crippen LogP contribution in [0.25, 0.3) is 5.57 Å². The van der Waals surface area contributed by atoms with Crippen molar-refractivity contribution in [2.45, 2.75) is 20.3 Å². The number of rotatable bonds is 8. The Hall–Kier alpha value is -4.06. The molecular formula is C27H26N2O4. The Morgan fingerprint density at radius 3 is 2.21 bits per heavy atom. The number of nitrogens with one attached hydrogen (secondary N) is 1. The van der Waals surface area contributed by atoms with Gasteiger partial charge in [-0.1, -0.05) is 37.3 Å². The minimum atomic E-state index is -0.420. The zero-order valence-electron chi connectivity index (χ0n) is 18.9. The van der Waals surface area contributed by atoms with Crippen molar-refractivity contribution in [3.63, 3.8) is 0 Å². The molecule has 0 aromatic heterocycles. The lowest BCUT2D eigenvalue weighted by atomic mass is 10.0. The van der Waals surface area contributed by atoms with Crippen molar-refractivity contribution in [3.05, 3.63) is 89.6 Å². The number of hydrogen-bond donors (Lipinski definition) is 1. The predicted molar refractivity (Wildman–Crippen MR) is 129 cm³/mol. The zero-order chi connectivity index (χ0) is 23.4. The summed E-state index contributed by atoms with van der Waals surface area (Å²) in [5, 5.41) is 3.19. The van der Waals surface area contributed by atoms with Gasteiger partial charge in [0.2, 0.25) is 0 Å². The van der Waals surface area contributed by atoms with E-state index in [1.165, 1.54) is 10.5 Å². The molecule has 1 N–H and O–H groups in total. The van der Waals surface area contributed by atoms with E-state index in [0.29, 0.717) is 34.9 Å². The van der Waals surface area contributed by atoms with Crippen LogP contribution in [0.3, 0.4) is 0 Å². The van der Waals surface area contributed by atoms with Crippen LogP contribution in [-0.4, -0.2) is 25.5 Å². The predicted octanol–water partition coefficient (Wildman–Crippen LogP) is 5.05. The van der Waals surface area contributed by atoms with E-state index in [-0.39, 0.29) is 5.70 Å². The lowest BCUT2D eigenvalue weighted by molar-refractivity contribution is -0.120. The Labute approximate surface area is 193 Å². The van der Waals surface area contributed by atoms with Crippen molar-refractivity contribution in [1.29, 1.82) is 0 Å². The van der Waals surface area contributed by atoms with Crippen LogP contribution in [0.1, 0.15) is 25.0 Å². The molecule has 3 aromatic rings. The highest BCUT2D eigenvalue weighted by atomic mass is 16.5. The second kappa shape index (κ2) is 9.61. The number of carbonyl (C=O) groups excluding carboxylic acids is 2. The van der Waals surface area contributed by atoms with Gasteiger partial charge in [-0.25, -0.2) is 4.90 Å². The van der Waals surface area contributed by atoms with Crippen LogP contribution >= 0.6 is 0 Å². The summed E-state index contributed by atoms with van der Waals surface area (Å²) >= 11 is 0. The highest BCUT2D eigenvalue weighted by Crippen LogP contribution is 2.35. The number of nitrogens with zero attached hydrogens (tertiary/aromatic N) is 1. The maximum atomic E-state index is 13.6. The van der Waals surface area contributed by atoms with Gasteiger partial charge in [-0.3, -0.25) is 9.59 Å². The molecule has 0 unspecified atom stereocenters. The van der Waals surface area contributed by atoms with Gasteiger partial charge in [-0.2, -0.15) is 0 Å². The Bertz CT molecular complexity index is 1200. The molecule has 0 bridgehead atoms. The van der Waals surface area contributed by atoms with Gasteiger partial charge in [0, 0.05) is 11.8 Å². The second-order valence-corrected chi connectivity index (χ2v) is 7.53. The van der Waals surface area contributed by atoms with E-state index in [1.54, 1.807) is 55.6 Å². The van der Waals surface area contributed by atoms with Crippen molar-refractivity contribution < 1.29 is 19.1 Å². The number of benzene rings is 3. The number of amides is 2. The molecule has 1 aliphatic rings. The number of aryl methyl sites for hydroxylation is 1. The van der Waals surface area contributed by atoms with Gasteiger partial charge in [0.05, 0.1) is 25.0 Å². The standard InChI is InChI=1S/C27H26N2O4/c1-4-18-9-13-20(14-10-18)28-25-24(19-11-15-22(16-12-19)33-5-2)26(30)29(27(25)31)21-7-6-8-23(17-21)32-3/h6-17,28H,4-5H2,1-3H3. The summed E-state index contributed by atoms with van der Waals surface area (Å²) in [7, 11) is 1.54. The monoisotopic (exact) mass is 442 g/mol. The molecule has 0 fully saturated rings. The van der Waals surface area contributed by atoms with Crippen LogP contribution < -0.4 is 19.7 Å². The molecule has 0 saturated carbocycles. The SMILES string of the molecule is CCOc1ccc(C2=C(Nc3ccc(CC)cc3)C(=O)N(c3cccc(OC)c3)C2=O)cc1. The summed E-state index contributed by atoms with van der Waals surface area (Å²) in [6.07, 6.45) is 0.918. The number of methoxy groups -OCH3 is 1. The first-order valence-corrected chi connectivity index (χ1v) is 10.9. The first-order valence-electron chi connectivity index (χ1n) is 10.9. The summed E-state index contributed by atoms with van der Waals surface area (Å²) in [5.41, 5.74) is 3.55. The van der Waals surface area contributed by atoms with Crippen LogP contribution in [0.5, 0.6) is 11.5 Å². The van der Waals surface area contributed by atoms with Crippen molar-refractivity contribution >= 4 is 28.8 Å². The third-order valence-corrected chi connectivity index (χ3v) is 5.48. The summed E-state index contributed by atoms with van der Waals surface area (Å²) in [6.45, 7) is 4.54. The van der Waals surface area contributed by atoms with Crippen LogP contribution in [0.15, 0.2) is 78.5 Å². The summed E-state index contributed by atoms with van der Waals surface area (Å²) < 4.78 is 10.8. The van der Waals surface area contributed by atoms with E-state index < -0.39 is 11.8 Å². The van der Waals surface area contributed by atoms with Gasteiger partial charge in [-0.15, -0.1) is 0 Å². The van der Waals surface area contributed by atoms with Crippen molar-refractivity contribution in [2.24, 2.45) is 0 Å². The van der Waals surface area contributed by atoms with Gasteiger partial charge in [-0.05, 0) is 60.9 Å². The molecule has 4 rings (SSSR count). The highest BCUT2D eigenvalue weighted by Gasteiger charge is 2.40. The highest BCUT2D eigenvalue weighted by molar-refractivity contribution is 6.46. The number of hydrogen-bond acceptors (Lipinski definition) is 5. The average molecular weight is 443 g/mol.